The molecule has 23 heavy (non-hydrogen) atoms. The zero-order valence-electron chi connectivity index (χ0n) is 13.3. The van der Waals surface area contributed by atoms with Crippen LogP contribution >= 0.6 is 0 Å². The van der Waals surface area contributed by atoms with Gasteiger partial charge in [-0.25, -0.2) is 0 Å². The van der Waals surface area contributed by atoms with Gasteiger partial charge in [0.05, 0.1) is 31.4 Å². The number of fused-ring (bicyclic) bond motifs is 1. The van der Waals surface area contributed by atoms with Crippen LogP contribution in [0.1, 0.15) is 11.7 Å². The molecule has 0 aliphatic carbocycles. The lowest BCUT2D eigenvalue weighted by Gasteiger charge is -2.33. The van der Waals surface area contributed by atoms with Crippen molar-refractivity contribution in [1.29, 1.82) is 0 Å². The molecule has 2 atom stereocenters. The summed E-state index contributed by atoms with van der Waals surface area (Å²) in [5, 5.41) is 11.6. The monoisotopic (exact) mass is 317 g/mol. The van der Waals surface area contributed by atoms with E-state index in [9.17, 15) is 5.11 Å². The number of pyridine rings is 1. The summed E-state index contributed by atoms with van der Waals surface area (Å²) in [7, 11) is 1.63. The quantitative estimate of drug-likeness (QED) is 0.854. The summed E-state index contributed by atoms with van der Waals surface area (Å²) in [4.78, 5) is 6.55. The van der Waals surface area contributed by atoms with E-state index in [1.54, 1.807) is 13.3 Å². The molecular weight excluding hydrogens is 294 g/mol. The Morgan fingerprint density at radius 2 is 2.35 bits per heavy atom. The highest BCUT2D eigenvalue weighted by molar-refractivity contribution is 5.83. The van der Waals surface area contributed by atoms with Crippen LogP contribution in [0, 0.1) is 0 Å². The Morgan fingerprint density at radius 1 is 1.48 bits per heavy atom. The van der Waals surface area contributed by atoms with Crippen molar-refractivity contribution in [1.82, 2.24) is 9.88 Å². The third-order valence-corrected chi connectivity index (χ3v) is 4.26. The molecule has 1 fully saturated rings. The average molecular weight is 317 g/mol. The van der Waals surface area contributed by atoms with Crippen molar-refractivity contribution in [2.45, 2.75) is 12.2 Å². The minimum Gasteiger partial charge on any atom is -0.497 e. The third kappa shape index (κ3) is 3.61. The molecule has 2 unspecified atom stereocenters. The van der Waals surface area contributed by atoms with E-state index < -0.39 is 6.10 Å². The number of benzene rings is 1. The van der Waals surface area contributed by atoms with Gasteiger partial charge in [-0.3, -0.25) is 9.88 Å². The number of aliphatic hydroxyl groups excluding tert-OH is 1. The molecule has 1 aliphatic heterocycles. The molecule has 1 aromatic carbocycles. The molecule has 1 saturated heterocycles. The maximum absolute atomic E-state index is 10.7. The van der Waals surface area contributed by atoms with Crippen molar-refractivity contribution in [3.63, 3.8) is 0 Å². The van der Waals surface area contributed by atoms with Crippen molar-refractivity contribution >= 4 is 10.9 Å². The highest BCUT2D eigenvalue weighted by Crippen LogP contribution is 2.27. The van der Waals surface area contributed by atoms with E-state index in [2.05, 4.69) is 9.88 Å². The second-order valence-electron chi connectivity index (χ2n) is 5.79. The molecule has 6 heteroatoms. The van der Waals surface area contributed by atoms with Crippen molar-refractivity contribution in [3.8, 4) is 5.75 Å². The number of nitrogens with zero attached hydrogens (tertiary/aromatic N) is 2. The minimum absolute atomic E-state index is 0.0465. The topological polar surface area (TPSA) is 80.8 Å². The fraction of sp³-hybridized carbons (Fsp3) is 0.471. The molecule has 0 bridgehead atoms. The number of rotatable bonds is 5. The van der Waals surface area contributed by atoms with Crippen LogP contribution in [0.15, 0.2) is 30.5 Å². The number of nitrogens with two attached hydrogens (primary N) is 1. The summed E-state index contributed by atoms with van der Waals surface area (Å²) in [5.41, 5.74) is 7.39. The molecule has 2 heterocycles. The van der Waals surface area contributed by atoms with Gasteiger partial charge < -0.3 is 20.3 Å². The SMILES string of the molecule is COc1ccc2nccc(C(O)CN3CCOC(CN)C3)c2c1. The lowest BCUT2D eigenvalue weighted by molar-refractivity contribution is -0.0359. The number of aliphatic hydroxyl groups is 1. The van der Waals surface area contributed by atoms with Gasteiger partial charge >= 0.3 is 0 Å². The van der Waals surface area contributed by atoms with Crippen LogP contribution in [-0.2, 0) is 4.74 Å². The summed E-state index contributed by atoms with van der Waals surface area (Å²) < 4.78 is 10.9. The fourth-order valence-electron chi connectivity index (χ4n) is 3.00. The fourth-order valence-corrected chi connectivity index (χ4v) is 3.00. The zero-order valence-corrected chi connectivity index (χ0v) is 13.3. The molecule has 124 valence electrons. The van der Waals surface area contributed by atoms with Crippen LogP contribution in [-0.4, -0.2) is 61.0 Å². The number of β-amino-alcohol motifs (C(OH)–C–C–N with tert-alkyl or cyclic N) is 1. The molecule has 3 N–H and O–H groups in total. The van der Waals surface area contributed by atoms with E-state index in [1.165, 1.54) is 0 Å². The molecule has 0 spiro atoms. The van der Waals surface area contributed by atoms with Gasteiger partial charge in [-0.05, 0) is 29.8 Å². The maximum Gasteiger partial charge on any atom is 0.119 e. The van der Waals surface area contributed by atoms with Crippen molar-refractivity contribution < 1.29 is 14.6 Å². The Bertz CT molecular complexity index is 665. The smallest absolute Gasteiger partial charge is 0.119 e. The number of morpholine rings is 1. The minimum atomic E-state index is -0.593. The molecule has 0 saturated carbocycles. The normalized spacial score (nSPS) is 20.6. The van der Waals surface area contributed by atoms with Gasteiger partial charge in [0.2, 0.25) is 0 Å². The van der Waals surface area contributed by atoms with Gasteiger partial charge in [0, 0.05) is 37.8 Å². The van der Waals surface area contributed by atoms with Gasteiger partial charge in [-0.15, -0.1) is 0 Å². The first-order chi connectivity index (χ1) is 11.2. The molecule has 0 amide bonds. The second-order valence-corrected chi connectivity index (χ2v) is 5.79. The van der Waals surface area contributed by atoms with E-state index >= 15 is 0 Å². The number of hydrogen-bond acceptors (Lipinski definition) is 6. The molecule has 3 rings (SSSR count). The van der Waals surface area contributed by atoms with E-state index in [-0.39, 0.29) is 6.10 Å². The van der Waals surface area contributed by atoms with Crippen LogP contribution in [0.5, 0.6) is 5.75 Å². The van der Waals surface area contributed by atoms with Gasteiger partial charge in [-0.2, -0.15) is 0 Å². The molecule has 6 nitrogen and oxygen atoms in total. The summed E-state index contributed by atoms with van der Waals surface area (Å²) >= 11 is 0. The first-order valence-corrected chi connectivity index (χ1v) is 7.86. The van der Waals surface area contributed by atoms with Crippen LogP contribution < -0.4 is 10.5 Å². The highest BCUT2D eigenvalue weighted by Gasteiger charge is 2.22. The average Bonchev–Trinajstić information content (AvgIpc) is 2.60. The van der Waals surface area contributed by atoms with E-state index in [0.29, 0.717) is 19.7 Å². The van der Waals surface area contributed by atoms with Gasteiger partial charge in [0.1, 0.15) is 5.75 Å². The van der Waals surface area contributed by atoms with Crippen LogP contribution in [0.2, 0.25) is 0 Å². The lowest BCUT2D eigenvalue weighted by atomic mass is 10.0. The first kappa shape index (κ1) is 16.1. The summed E-state index contributed by atoms with van der Waals surface area (Å²) in [5.74, 6) is 0.758. The Labute approximate surface area is 135 Å². The van der Waals surface area contributed by atoms with Gasteiger partial charge in [0.25, 0.3) is 0 Å². The lowest BCUT2D eigenvalue weighted by Crippen LogP contribution is -2.46. The summed E-state index contributed by atoms with van der Waals surface area (Å²) in [6, 6.07) is 7.57. The van der Waals surface area contributed by atoms with Crippen molar-refractivity contribution in [2.24, 2.45) is 5.73 Å². The Balaban J connectivity index is 1.81. The van der Waals surface area contributed by atoms with Crippen LogP contribution in [0.3, 0.4) is 0 Å². The number of aromatic nitrogens is 1. The Morgan fingerprint density at radius 3 is 3.13 bits per heavy atom. The second kappa shape index (κ2) is 7.23. The maximum atomic E-state index is 10.7. The summed E-state index contributed by atoms with van der Waals surface area (Å²) in [6.45, 7) is 3.26. The van der Waals surface area contributed by atoms with E-state index in [4.69, 9.17) is 15.2 Å². The highest BCUT2D eigenvalue weighted by atomic mass is 16.5. The van der Waals surface area contributed by atoms with Gasteiger partial charge in [-0.1, -0.05) is 0 Å². The standard InChI is InChI=1S/C17H23N3O3/c1-22-12-2-3-16-15(8-12)14(4-5-19-16)17(21)11-20-6-7-23-13(9-18)10-20/h2-5,8,13,17,21H,6-7,9-11,18H2,1H3. The molecule has 1 aromatic heterocycles. The van der Waals surface area contributed by atoms with Crippen LogP contribution in [0.25, 0.3) is 10.9 Å². The van der Waals surface area contributed by atoms with E-state index in [0.717, 1.165) is 35.3 Å². The zero-order chi connectivity index (χ0) is 16.2. The van der Waals surface area contributed by atoms with Gasteiger partial charge in [0.15, 0.2) is 0 Å². The number of ether oxygens (including phenoxy) is 2. The number of methoxy groups -OCH3 is 1. The van der Waals surface area contributed by atoms with Crippen LogP contribution in [0.4, 0.5) is 0 Å². The van der Waals surface area contributed by atoms with Crippen molar-refractivity contribution in [2.75, 3.05) is 39.9 Å². The Kier molecular flexibility index (Phi) is 5.07. The largest absolute Gasteiger partial charge is 0.497 e. The first-order valence-electron chi connectivity index (χ1n) is 7.86. The van der Waals surface area contributed by atoms with Crippen molar-refractivity contribution in [3.05, 3.63) is 36.0 Å². The molecular formula is C17H23N3O3. The predicted molar refractivity (Wildman–Crippen MR) is 88.5 cm³/mol. The number of hydrogen-bond donors (Lipinski definition) is 2. The van der Waals surface area contributed by atoms with E-state index in [1.807, 2.05) is 24.3 Å². The summed E-state index contributed by atoms with van der Waals surface area (Å²) in [6.07, 6.45) is 1.18. The molecule has 1 aliphatic rings. The predicted octanol–water partition coefficient (Wildman–Crippen LogP) is 0.936. The molecule has 2 aromatic rings. The Hall–Kier alpha value is -1.73. The third-order valence-electron chi connectivity index (χ3n) is 4.26. The molecule has 0 radical (unpaired) electrons.